The van der Waals surface area contributed by atoms with Crippen molar-refractivity contribution in [3.05, 3.63) is 57.6 Å². The second kappa shape index (κ2) is 9.65. The molecular formula is C22H19BrN2O7. The van der Waals surface area contributed by atoms with Crippen molar-refractivity contribution in [2.75, 3.05) is 25.7 Å². The van der Waals surface area contributed by atoms with Gasteiger partial charge in [-0.25, -0.2) is 14.5 Å². The molecule has 2 aromatic rings. The number of amides is 4. The van der Waals surface area contributed by atoms with Gasteiger partial charge in [0.1, 0.15) is 5.57 Å². The molecule has 1 fully saturated rings. The molecule has 9 nitrogen and oxygen atoms in total. The van der Waals surface area contributed by atoms with E-state index in [0.29, 0.717) is 28.1 Å². The molecule has 0 spiro atoms. The van der Waals surface area contributed by atoms with Crippen LogP contribution in [0.1, 0.15) is 22.8 Å². The summed E-state index contributed by atoms with van der Waals surface area (Å²) in [6.07, 6.45) is 1.35. The van der Waals surface area contributed by atoms with Crippen molar-refractivity contribution in [3.63, 3.8) is 0 Å². The molecule has 2 aromatic carbocycles. The van der Waals surface area contributed by atoms with E-state index in [1.807, 2.05) is 6.92 Å². The topological polar surface area (TPSA) is 111 Å². The molecule has 1 saturated heterocycles. The summed E-state index contributed by atoms with van der Waals surface area (Å²) < 4.78 is 16.1. The maximum Gasteiger partial charge on any atom is 0.337 e. The van der Waals surface area contributed by atoms with Gasteiger partial charge < -0.3 is 14.2 Å². The molecule has 1 heterocycles. The number of urea groups is 1. The molecule has 0 radical (unpaired) electrons. The number of benzene rings is 2. The van der Waals surface area contributed by atoms with Crippen LogP contribution in [0, 0.1) is 0 Å². The van der Waals surface area contributed by atoms with E-state index >= 15 is 0 Å². The Morgan fingerprint density at radius 3 is 2.41 bits per heavy atom. The highest BCUT2D eigenvalue weighted by molar-refractivity contribution is 9.10. The maximum atomic E-state index is 13.1. The first kappa shape index (κ1) is 23.0. The van der Waals surface area contributed by atoms with Gasteiger partial charge in [-0.1, -0.05) is 0 Å². The lowest BCUT2D eigenvalue weighted by Gasteiger charge is -2.26. The van der Waals surface area contributed by atoms with Crippen LogP contribution in [0.4, 0.5) is 10.5 Å². The Balaban J connectivity index is 2.00. The highest BCUT2D eigenvalue weighted by Gasteiger charge is 2.37. The number of ether oxygens (including phenoxy) is 3. The predicted octanol–water partition coefficient (Wildman–Crippen LogP) is 3.31. The molecule has 0 unspecified atom stereocenters. The highest BCUT2D eigenvalue weighted by Crippen LogP contribution is 2.37. The van der Waals surface area contributed by atoms with Crippen molar-refractivity contribution < 1.29 is 33.4 Å². The lowest BCUT2D eigenvalue weighted by atomic mass is 10.1. The molecule has 0 saturated carbocycles. The molecule has 1 aliphatic heterocycles. The van der Waals surface area contributed by atoms with Crippen LogP contribution in [0.25, 0.3) is 6.08 Å². The third kappa shape index (κ3) is 4.50. The molecular weight excluding hydrogens is 484 g/mol. The van der Waals surface area contributed by atoms with Crippen LogP contribution in [0.15, 0.2) is 46.4 Å². The number of hydrogen-bond acceptors (Lipinski definition) is 7. The van der Waals surface area contributed by atoms with Crippen LogP contribution < -0.4 is 19.7 Å². The summed E-state index contributed by atoms with van der Waals surface area (Å²) in [6, 6.07) is 8.03. The van der Waals surface area contributed by atoms with Crippen molar-refractivity contribution in [2.45, 2.75) is 6.92 Å². The number of anilines is 1. The molecule has 1 N–H and O–H groups in total. The zero-order valence-corrected chi connectivity index (χ0v) is 19.0. The summed E-state index contributed by atoms with van der Waals surface area (Å²) in [6.45, 7) is 2.19. The van der Waals surface area contributed by atoms with E-state index in [-0.39, 0.29) is 16.8 Å². The van der Waals surface area contributed by atoms with E-state index < -0.39 is 23.8 Å². The van der Waals surface area contributed by atoms with Crippen LogP contribution in [-0.4, -0.2) is 44.6 Å². The molecule has 10 heteroatoms. The van der Waals surface area contributed by atoms with Crippen molar-refractivity contribution in [2.24, 2.45) is 0 Å². The average Bonchev–Trinajstić information content (AvgIpc) is 2.76. The first-order valence-corrected chi connectivity index (χ1v) is 10.2. The summed E-state index contributed by atoms with van der Waals surface area (Å²) in [4.78, 5) is 50.3. The average molecular weight is 503 g/mol. The van der Waals surface area contributed by atoms with E-state index in [9.17, 15) is 19.2 Å². The first-order valence-electron chi connectivity index (χ1n) is 9.40. The predicted molar refractivity (Wildman–Crippen MR) is 119 cm³/mol. The Bertz CT molecular complexity index is 1130. The van der Waals surface area contributed by atoms with Gasteiger partial charge in [-0.05, 0) is 70.9 Å². The smallest absolute Gasteiger partial charge is 0.337 e. The van der Waals surface area contributed by atoms with Crippen LogP contribution in [0.3, 0.4) is 0 Å². The lowest BCUT2D eigenvalue weighted by Crippen LogP contribution is -2.54. The number of rotatable bonds is 6. The third-order valence-electron chi connectivity index (χ3n) is 4.50. The van der Waals surface area contributed by atoms with Gasteiger partial charge in [0.25, 0.3) is 11.8 Å². The summed E-state index contributed by atoms with van der Waals surface area (Å²) in [5.74, 6) is -1.30. The Kier molecular flexibility index (Phi) is 6.94. The minimum absolute atomic E-state index is 0.185. The van der Waals surface area contributed by atoms with Gasteiger partial charge in [0, 0.05) is 0 Å². The van der Waals surface area contributed by atoms with Gasteiger partial charge in [0.2, 0.25) is 0 Å². The molecule has 0 aromatic heterocycles. The van der Waals surface area contributed by atoms with E-state index in [2.05, 4.69) is 26.0 Å². The van der Waals surface area contributed by atoms with E-state index in [4.69, 9.17) is 9.47 Å². The summed E-state index contributed by atoms with van der Waals surface area (Å²) >= 11 is 3.38. The highest BCUT2D eigenvalue weighted by atomic mass is 79.9. The Hall–Kier alpha value is -3.66. The van der Waals surface area contributed by atoms with E-state index in [1.54, 1.807) is 12.1 Å². The zero-order valence-electron chi connectivity index (χ0n) is 17.4. The molecule has 1 aliphatic rings. The Morgan fingerprint density at radius 1 is 1.12 bits per heavy atom. The number of carbonyl (C=O) groups excluding carboxylic acids is 4. The fourth-order valence-electron chi connectivity index (χ4n) is 3.06. The Morgan fingerprint density at radius 2 is 1.81 bits per heavy atom. The fourth-order valence-corrected chi connectivity index (χ4v) is 3.68. The third-order valence-corrected chi connectivity index (χ3v) is 5.08. The number of nitrogens with zero attached hydrogens (tertiary/aromatic N) is 1. The molecule has 0 aliphatic carbocycles. The monoisotopic (exact) mass is 502 g/mol. The van der Waals surface area contributed by atoms with Gasteiger partial charge in [-0.2, -0.15) is 0 Å². The molecule has 32 heavy (non-hydrogen) atoms. The number of esters is 1. The fraction of sp³-hybridized carbons (Fsp3) is 0.182. The van der Waals surface area contributed by atoms with E-state index in [1.165, 1.54) is 44.6 Å². The zero-order chi connectivity index (χ0) is 23.4. The molecule has 166 valence electrons. The van der Waals surface area contributed by atoms with Crippen LogP contribution >= 0.6 is 15.9 Å². The van der Waals surface area contributed by atoms with Crippen molar-refractivity contribution >= 4 is 51.5 Å². The number of carbonyl (C=O) groups is 4. The minimum Gasteiger partial charge on any atom is -0.492 e. The molecule has 3 rings (SSSR count). The lowest BCUT2D eigenvalue weighted by molar-refractivity contribution is -0.122. The normalized spacial score (nSPS) is 14.9. The number of hydrogen-bond donors (Lipinski definition) is 1. The SMILES string of the molecule is CCOc1cc(/C=C2\C(=O)NC(=O)N(c3ccc(C(=O)OC)cc3)C2=O)cc(Br)c1OC. The van der Waals surface area contributed by atoms with Crippen molar-refractivity contribution in [1.29, 1.82) is 0 Å². The Labute approximate surface area is 192 Å². The van der Waals surface area contributed by atoms with E-state index in [0.717, 1.165) is 4.90 Å². The number of imide groups is 2. The van der Waals surface area contributed by atoms with Crippen molar-refractivity contribution in [1.82, 2.24) is 5.32 Å². The largest absolute Gasteiger partial charge is 0.492 e. The molecule has 0 bridgehead atoms. The quantitative estimate of drug-likeness (QED) is 0.366. The number of nitrogens with one attached hydrogen (secondary N) is 1. The van der Waals surface area contributed by atoms with Gasteiger partial charge >= 0.3 is 12.0 Å². The van der Waals surface area contributed by atoms with Gasteiger partial charge in [0.15, 0.2) is 11.5 Å². The second-order valence-electron chi connectivity index (χ2n) is 6.46. The van der Waals surface area contributed by atoms with Crippen LogP contribution in [0.5, 0.6) is 11.5 Å². The molecule has 0 atom stereocenters. The summed E-state index contributed by atoms with van der Waals surface area (Å²) in [7, 11) is 2.74. The van der Waals surface area contributed by atoms with Crippen LogP contribution in [0.2, 0.25) is 0 Å². The first-order chi connectivity index (χ1) is 15.3. The second-order valence-corrected chi connectivity index (χ2v) is 7.32. The number of barbiturate groups is 1. The van der Waals surface area contributed by atoms with Gasteiger partial charge in [-0.3, -0.25) is 14.9 Å². The van der Waals surface area contributed by atoms with Gasteiger partial charge in [-0.15, -0.1) is 0 Å². The maximum absolute atomic E-state index is 13.1. The van der Waals surface area contributed by atoms with Crippen LogP contribution in [-0.2, 0) is 14.3 Å². The van der Waals surface area contributed by atoms with Crippen molar-refractivity contribution in [3.8, 4) is 11.5 Å². The number of halogens is 1. The summed E-state index contributed by atoms with van der Waals surface area (Å²) in [5.41, 5.74) is 0.667. The number of methoxy groups -OCH3 is 2. The summed E-state index contributed by atoms with van der Waals surface area (Å²) in [5, 5.41) is 2.15. The molecule has 4 amide bonds. The minimum atomic E-state index is -0.895. The standard InChI is InChI=1S/C22H19BrN2O7/c1-4-32-17-11-12(10-16(23)18(17)30-2)9-15-19(26)24-22(29)25(20(15)27)14-7-5-13(6-8-14)21(28)31-3/h5-11H,4H2,1-3H3,(H,24,26,29)/b15-9+. The van der Waals surface area contributed by atoms with Gasteiger partial charge in [0.05, 0.1) is 36.6 Å².